The molecule has 1 saturated heterocycles. The maximum Gasteiger partial charge on any atom is 0.233 e. The van der Waals surface area contributed by atoms with E-state index in [-0.39, 0.29) is 23.8 Å². The number of Topliss-reactive ketones (excluding diaryl/α,β-unsaturated/α-hetero) is 1. The Morgan fingerprint density at radius 1 is 1.33 bits per heavy atom. The predicted molar refractivity (Wildman–Crippen MR) is 45.6 cm³/mol. The molecule has 1 amide bonds. The van der Waals surface area contributed by atoms with Crippen LogP contribution in [0.1, 0.15) is 27.7 Å². The molecule has 0 aromatic carbocycles. The summed E-state index contributed by atoms with van der Waals surface area (Å²) in [7, 11) is 0. The van der Waals surface area contributed by atoms with Crippen LogP contribution < -0.4 is 0 Å². The highest BCUT2D eigenvalue weighted by molar-refractivity contribution is 6.08. The van der Waals surface area contributed by atoms with Crippen LogP contribution in [-0.2, 0) is 9.59 Å². The maximum atomic E-state index is 11.5. The van der Waals surface area contributed by atoms with Crippen LogP contribution in [0, 0.1) is 5.92 Å². The van der Waals surface area contributed by atoms with Crippen molar-refractivity contribution in [1.82, 2.24) is 4.90 Å². The average Bonchev–Trinajstić information content (AvgIpc) is 2.15. The number of carbonyl (C=O) groups excluding carboxylic acids is 2. The number of ketones is 1. The van der Waals surface area contributed by atoms with Gasteiger partial charge in [-0.15, -0.1) is 0 Å². The molecule has 0 aromatic rings. The molecule has 0 spiro atoms. The zero-order valence-corrected chi connectivity index (χ0v) is 8.05. The van der Waals surface area contributed by atoms with Gasteiger partial charge in [-0.05, 0) is 27.7 Å². The van der Waals surface area contributed by atoms with E-state index in [1.807, 2.05) is 20.8 Å². The van der Waals surface area contributed by atoms with Crippen molar-refractivity contribution in [2.45, 2.75) is 33.2 Å². The molecule has 0 radical (unpaired) electrons. The van der Waals surface area contributed by atoms with E-state index in [4.69, 9.17) is 0 Å². The van der Waals surface area contributed by atoms with Gasteiger partial charge in [0.2, 0.25) is 5.91 Å². The molecule has 1 unspecified atom stereocenters. The van der Waals surface area contributed by atoms with E-state index in [0.717, 1.165) is 0 Å². The molecular weight excluding hydrogens is 154 g/mol. The number of amides is 1. The van der Waals surface area contributed by atoms with Crippen LogP contribution in [0.3, 0.4) is 0 Å². The Morgan fingerprint density at radius 3 is 2.00 bits per heavy atom. The molecule has 3 heteroatoms. The summed E-state index contributed by atoms with van der Waals surface area (Å²) >= 11 is 0. The summed E-state index contributed by atoms with van der Waals surface area (Å²) in [5.41, 5.74) is -0.225. The third-order valence-corrected chi connectivity index (χ3v) is 2.24. The van der Waals surface area contributed by atoms with Gasteiger partial charge in [0.05, 0.1) is 12.5 Å². The summed E-state index contributed by atoms with van der Waals surface area (Å²) in [5.74, 6) is -0.424. The molecule has 0 aromatic heterocycles. The SMILES string of the molecule is CC1C(=O)CN(C(C)(C)C)C1=O. The second-order valence-corrected chi connectivity index (χ2v) is 4.28. The molecular formula is C9H15NO2. The van der Waals surface area contributed by atoms with Gasteiger partial charge in [0, 0.05) is 5.54 Å². The second kappa shape index (κ2) is 2.57. The van der Waals surface area contributed by atoms with Gasteiger partial charge < -0.3 is 4.90 Å². The lowest BCUT2D eigenvalue weighted by atomic mass is 10.1. The number of hydrogen-bond acceptors (Lipinski definition) is 2. The third kappa shape index (κ3) is 1.36. The molecule has 1 aliphatic heterocycles. The number of nitrogens with zero attached hydrogens (tertiary/aromatic N) is 1. The van der Waals surface area contributed by atoms with Gasteiger partial charge in [-0.3, -0.25) is 9.59 Å². The fraction of sp³-hybridized carbons (Fsp3) is 0.778. The monoisotopic (exact) mass is 169 g/mol. The zero-order chi connectivity index (χ0) is 9.52. The van der Waals surface area contributed by atoms with Gasteiger partial charge in [0.25, 0.3) is 0 Å². The van der Waals surface area contributed by atoms with Crippen LogP contribution in [0.15, 0.2) is 0 Å². The Labute approximate surface area is 72.7 Å². The molecule has 1 rings (SSSR count). The van der Waals surface area contributed by atoms with Gasteiger partial charge in [-0.2, -0.15) is 0 Å². The van der Waals surface area contributed by atoms with Gasteiger partial charge in [-0.25, -0.2) is 0 Å². The van der Waals surface area contributed by atoms with Crippen molar-refractivity contribution in [2.24, 2.45) is 5.92 Å². The third-order valence-electron chi connectivity index (χ3n) is 2.24. The van der Waals surface area contributed by atoms with Crippen molar-refractivity contribution in [3.8, 4) is 0 Å². The lowest BCUT2D eigenvalue weighted by molar-refractivity contribution is -0.134. The van der Waals surface area contributed by atoms with Crippen LogP contribution in [0.25, 0.3) is 0 Å². The maximum absolute atomic E-state index is 11.5. The van der Waals surface area contributed by atoms with Crippen molar-refractivity contribution >= 4 is 11.7 Å². The van der Waals surface area contributed by atoms with Crippen molar-refractivity contribution in [3.63, 3.8) is 0 Å². The molecule has 1 fully saturated rings. The van der Waals surface area contributed by atoms with E-state index >= 15 is 0 Å². The van der Waals surface area contributed by atoms with Crippen molar-refractivity contribution in [3.05, 3.63) is 0 Å². The fourth-order valence-corrected chi connectivity index (χ4v) is 1.31. The first-order chi connectivity index (χ1) is 5.34. The van der Waals surface area contributed by atoms with Crippen molar-refractivity contribution in [2.75, 3.05) is 6.54 Å². The molecule has 1 atom stereocenters. The Morgan fingerprint density at radius 2 is 1.83 bits per heavy atom. The van der Waals surface area contributed by atoms with Crippen LogP contribution in [0.5, 0.6) is 0 Å². The number of carbonyl (C=O) groups is 2. The summed E-state index contributed by atoms with van der Waals surface area (Å²) in [6.45, 7) is 7.78. The van der Waals surface area contributed by atoms with E-state index in [1.165, 1.54) is 0 Å². The van der Waals surface area contributed by atoms with Gasteiger partial charge >= 0.3 is 0 Å². The van der Waals surface area contributed by atoms with Crippen molar-refractivity contribution < 1.29 is 9.59 Å². The molecule has 0 bridgehead atoms. The molecule has 12 heavy (non-hydrogen) atoms. The van der Waals surface area contributed by atoms with Crippen LogP contribution >= 0.6 is 0 Å². The molecule has 1 aliphatic rings. The van der Waals surface area contributed by atoms with Gasteiger partial charge in [0.15, 0.2) is 5.78 Å². The Hall–Kier alpha value is -0.860. The minimum absolute atomic E-state index is 0.0347. The lowest BCUT2D eigenvalue weighted by Gasteiger charge is -2.31. The standard InChI is InChI=1S/C9H15NO2/c1-6-7(11)5-10(8(6)12)9(2,3)4/h6H,5H2,1-4H3. The predicted octanol–water partition coefficient (Wildman–Crippen LogP) is 0.832. The molecule has 0 aliphatic carbocycles. The molecule has 1 heterocycles. The first kappa shape index (κ1) is 9.23. The highest BCUT2D eigenvalue weighted by Crippen LogP contribution is 2.22. The van der Waals surface area contributed by atoms with E-state index < -0.39 is 5.92 Å². The second-order valence-electron chi connectivity index (χ2n) is 4.28. The van der Waals surface area contributed by atoms with E-state index in [1.54, 1.807) is 11.8 Å². The molecule has 0 N–H and O–H groups in total. The summed E-state index contributed by atoms with van der Waals surface area (Å²) in [6.07, 6.45) is 0. The fourth-order valence-electron chi connectivity index (χ4n) is 1.31. The van der Waals surface area contributed by atoms with Gasteiger partial charge in [0.1, 0.15) is 0 Å². The Kier molecular flexibility index (Phi) is 1.98. The normalized spacial score (nSPS) is 25.3. The van der Waals surface area contributed by atoms with Crippen LogP contribution in [-0.4, -0.2) is 28.7 Å². The van der Waals surface area contributed by atoms with Crippen LogP contribution in [0.2, 0.25) is 0 Å². The van der Waals surface area contributed by atoms with E-state index in [0.29, 0.717) is 0 Å². The van der Waals surface area contributed by atoms with Gasteiger partial charge in [-0.1, -0.05) is 0 Å². The lowest BCUT2D eigenvalue weighted by Crippen LogP contribution is -2.43. The highest BCUT2D eigenvalue weighted by Gasteiger charge is 2.40. The largest absolute Gasteiger partial charge is 0.330 e. The quantitative estimate of drug-likeness (QED) is 0.504. The zero-order valence-electron chi connectivity index (χ0n) is 8.05. The van der Waals surface area contributed by atoms with E-state index in [2.05, 4.69) is 0 Å². The average molecular weight is 169 g/mol. The number of hydrogen-bond donors (Lipinski definition) is 0. The molecule has 68 valence electrons. The first-order valence-corrected chi connectivity index (χ1v) is 4.18. The smallest absolute Gasteiger partial charge is 0.233 e. The minimum Gasteiger partial charge on any atom is -0.330 e. The van der Waals surface area contributed by atoms with Crippen molar-refractivity contribution in [1.29, 1.82) is 0 Å². The summed E-state index contributed by atoms with van der Waals surface area (Å²) < 4.78 is 0. The Bertz CT molecular complexity index is 227. The van der Waals surface area contributed by atoms with E-state index in [9.17, 15) is 9.59 Å². The van der Waals surface area contributed by atoms with Crippen LogP contribution in [0.4, 0.5) is 0 Å². The molecule has 3 nitrogen and oxygen atoms in total. The Balaban J connectivity index is 2.86. The summed E-state index contributed by atoms with van der Waals surface area (Å²) in [6, 6.07) is 0. The topological polar surface area (TPSA) is 37.4 Å². The summed E-state index contributed by atoms with van der Waals surface area (Å²) in [5, 5.41) is 0. The highest BCUT2D eigenvalue weighted by atomic mass is 16.2. The number of likely N-dealkylation sites (tertiary alicyclic amines) is 1. The first-order valence-electron chi connectivity index (χ1n) is 4.18. The molecule has 0 saturated carbocycles. The minimum atomic E-state index is -0.427. The number of rotatable bonds is 0. The summed E-state index contributed by atoms with van der Waals surface area (Å²) in [4.78, 5) is 24.3.